The minimum Gasteiger partial charge on any atom is -0.459 e. The molecular formula is C23H25NO4. The summed E-state index contributed by atoms with van der Waals surface area (Å²) in [6.45, 7) is 7.90. The molecule has 2 atom stereocenters. The van der Waals surface area contributed by atoms with Crippen molar-refractivity contribution in [2.45, 2.75) is 40.3 Å². The molecule has 5 nitrogen and oxygen atoms in total. The molecule has 0 spiro atoms. The van der Waals surface area contributed by atoms with Gasteiger partial charge in [0.15, 0.2) is 0 Å². The summed E-state index contributed by atoms with van der Waals surface area (Å²) in [4.78, 5) is 40.1. The summed E-state index contributed by atoms with van der Waals surface area (Å²) in [7, 11) is 0. The van der Waals surface area contributed by atoms with Crippen molar-refractivity contribution in [3.05, 3.63) is 71.3 Å². The predicted molar refractivity (Wildman–Crippen MR) is 106 cm³/mol. The van der Waals surface area contributed by atoms with Gasteiger partial charge in [-0.15, -0.1) is 0 Å². The lowest BCUT2D eigenvalue weighted by molar-refractivity contribution is -0.153. The van der Waals surface area contributed by atoms with Crippen LogP contribution in [0.5, 0.6) is 0 Å². The second kappa shape index (κ2) is 7.58. The molecule has 0 fully saturated rings. The summed E-state index contributed by atoms with van der Waals surface area (Å²) in [5.74, 6) is -1.75. The molecule has 1 heterocycles. The largest absolute Gasteiger partial charge is 0.459 e. The summed E-state index contributed by atoms with van der Waals surface area (Å²) in [6, 6.07) is 15.0. The molecule has 2 unspecified atom stereocenters. The van der Waals surface area contributed by atoms with Gasteiger partial charge in [0.2, 0.25) is 0 Å². The lowest BCUT2D eigenvalue weighted by Crippen LogP contribution is -2.52. The molecule has 1 aliphatic heterocycles. The van der Waals surface area contributed by atoms with Crippen LogP contribution in [0.4, 0.5) is 0 Å². The molecule has 0 saturated heterocycles. The Morgan fingerprint density at radius 2 is 1.43 bits per heavy atom. The predicted octanol–water partition coefficient (Wildman–Crippen LogP) is 4.08. The van der Waals surface area contributed by atoms with E-state index in [-0.39, 0.29) is 17.9 Å². The fraction of sp³-hybridized carbons (Fsp3) is 0.348. The van der Waals surface area contributed by atoms with Gasteiger partial charge in [0, 0.05) is 0 Å². The summed E-state index contributed by atoms with van der Waals surface area (Å²) >= 11 is 0. The van der Waals surface area contributed by atoms with Crippen molar-refractivity contribution < 1.29 is 19.1 Å². The van der Waals surface area contributed by atoms with Crippen molar-refractivity contribution >= 4 is 17.8 Å². The molecule has 0 bridgehead atoms. The maximum absolute atomic E-state index is 13.1. The highest BCUT2D eigenvalue weighted by atomic mass is 16.5. The highest BCUT2D eigenvalue weighted by Gasteiger charge is 2.48. The number of fused-ring (bicyclic) bond motifs is 1. The number of hydrogen-bond donors (Lipinski definition) is 0. The number of carbonyl (C=O) groups is 3. The van der Waals surface area contributed by atoms with Crippen LogP contribution in [0, 0.1) is 11.3 Å². The third kappa shape index (κ3) is 3.70. The second-order valence-corrected chi connectivity index (χ2v) is 8.22. The van der Waals surface area contributed by atoms with Crippen molar-refractivity contribution in [3.63, 3.8) is 0 Å². The van der Waals surface area contributed by atoms with Crippen LogP contribution >= 0.6 is 0 Å². The highest BCUT2D eigenvalue weighted by molar-refractivity contribution is 6.22. The van der Waals surface area contributed by atoms with Gasteiger partial charge in [0.1, 0.15) is 12.6 Å². The molecular weight excluding hydrogens is 354 g/mol. The zero-order valence-electron chi connectivity index (χ0n) is 16.6. The van der Waals surface area contributed by atoms with E-state index < -0.39 is 23.8 Å². The zero-order chi connectivity index (χ0) is 20.5. The van der Waals surface area contributed by atoms with Gasteiger partial charge in [0.25, 0.3) is 11.8 Å². The molecule has 0 N–H and O–H groups in total. The molecule has 0 saturated carbocycles. The number of esters is 1. The SMILES string of the molecule is CC(C(C(=O)OCc1ccccc1)N1C(=O)c2ccccc2C1=O)C(C)(C)C. The summed E-state index contributed by atoms with van der Waals surface area (Å²) < 4.78 is 5.53. The first kappa shape index (κ1) is 19.8. The molecule has 0 aromatic heterocycles. The number of nitrogens with zero attached hydrogens (tertiary/aromatic N) is 1. The maximum Gasteiger partial charge on any atom is 0.330 e. The number of ether oxygens (including phenoxy) is 1. The first-order valence-electron chi connectivity index (χ1n) is 9.39. The Kier molecular flexibility index (Phi) is 5.36. The van der Waals surface area contributed by atoms with Crippen LogP contribution in [-0.4, -0.2) is 28.7 Å². The molecule has 5 heteroatoms. The van der Waals surface area contributed by atoms with E-state index >= 15 is 0 Å². The van der Waals surface area contributed by atoms with Crippen molar-refractivity contribution in [2.75, 3.05) is 0 Å². The molecule has 0 radical (unpaired) electrons. The number of hydrogen-bond acceptors (Lipinski definition) is 4. The Labute approximate surface area is 165 Å². The third-order valence-electron chi connectivity index (χ3n) is 5.41. The van der Waals surface area contributed by atoms with E-state index in [0.29, 0.717) is 11.1 Å². The molecule has 2 aromatic carbocycles. The second-order valence-electron chi connectivity index (χ2n) is 8.22. The van der Waals surface area contributed by atoms with Gasteiger partial charge in [-0.1, -0.05) is 70.2 Å². The van der Waals surface area contributed by atoms with E-state index in [1.54, 1.807) is 24.3 Å². The smallest absolute Gasteiger partial charge is 0.330 e. The first-order chi connectivity index (χ1) is 13.2. The summed E-state index contributed by atoms with van der Waals surface area (Å²) in [6.07, 6.45) is 0. The van der Waals surface area contributed by atoms with Crippen molar-refractivity contribution in [1.29, 1.82) is 0 Å². The van der Waals surface area contributed by atoms with Gasteiger partial charge in [-0.05, 0) is 29.0 Å². The van der Waals surface area contributed by atoms with Crippen LogP contribution in [0.15, 0.2) is 54.6 Å². The monoisotopic (exact) mass is 379 g/mol. The van der Waals surface area contributed by atoms with E-state index in [0.717, 1.165) is 10.5 Å². The van der Waals surface area contributed by atoms with Crippen LogP contribution in [0.1, 0.15) is 54.0 Å². The Bertz CT molecular complexity index is 863. The van der Waals surface area contributed by atoms with Crippen LogP contribution in [0.2, 0.25) is 0 Å². The van der Waals surface area contributed by atoms with Crippen LogP contribution < -0.4 is 0 Å². The van der Waals surface area contributed by atoms with Gasteiger partial charge in [-0.3, -0.25) is 14.5 Å². The van der Waals surface area contributed by atoms with Gasteiger partial charge in [-0.2, -0.15) is 0 Å². The first-order valence-corrected chi connectivity index (χ1v) is 9.39. The zero-order valence-corrected chi connectivity index (χ0v) is 16.6. The van der Waals surface area contributed by atoms with Crippen LogP contribution in [-0.2, 0) is 16.1 Å². The van der Waals surface area contributed by atoms with Gasteiger partial charge in [-0.25, -0.2) is 4.79 Å². The molecule has 3 rings (SSSR count). The number of carbonyl (C=O) groups excluding carboxylic acids is 3. The number of imide groups is 1. The molecule has 28 heavy (non-hydrogen) atoms. The van der Waals surface area contributed by atoms with Crippen LogP contribution in [0.25, 0.3) is 0 Å². The van der Waals surface area contributed by atoms with Crippen molar-refractivity contribution in [2.24, 2.45) is 11.3 Å². The van der Waals surface area contributed by atoms with Crippen molar-refractivity contribution in [3.8, 4) is 0 Å². The van der Waals surface area contributed by atoms with Gasteiger partial charge >= 0.3 is 5.97 Å². The third-order valence-corrected chi connectivity index (χ3v) is 5.41. The Hall–Kier alpha value is -2.95. The van der Waals surface area contributed by atoms with Crippen LogP contribution in [0.3, 0.4) is 0 Å². The van der Waals surface area contributed by atoms with E-state index in [4.69, 9.17) is 4.74 Å². The Morgan fingerprint density at radius 1 is 0.929 bits per heavy atom. The summed E-state index contributed by atoms with van der Waals surface area (Å²) in [5, 5.41) is 0. The van der Waals surface area contributed by atoms with Gasteiger partial charge < -0.3 is 4.74 Å². The van der Waals surface area contributed by atoms with Crippen molar-refractivity contribution in [1.82, 2.24) is 4.90 Å². The lowest BCUT2D eigenvalue weighted by Gasteiger charge is -2.36. The van der Waals surface area contributed by atoms with E-state index in [2.05, 4.69) is 0 Å². The van der Waals surface area contributed by atoms with Gasteiger partial charge in [0.05, 0.1) is 11.1 Å². The topological polar surface area (TPSA) is 63.7 Å². The minimum absolute atomic E-state index is 0.0935. The minimum atomic E-state index is -0.990. The van der Waals surface area contributed by atoms with E-state index in [9.17, 15) is 14.4 Å². The average molecular weight is 379 g/mol. The van der Waals surface area contributed by atoms with E-state index in [1.165, 1.54) is 0 Å². The maximum atomic E-state index is 13.1. The quantitative estimate of drug-likeness (QED) is 0.580. The molecule has 0 aliphatic carbocycles. The fourth-order valence-electron chi connectivity index (χ4n) is 3.28. The molecule has 146 valence electrons. The molecule has 1 aliphatic rings. The Balaban J connectivity index is 1.91. The molecule has 2 amide bonds. The highest BCUT2D eigenvalue weighted by Crippen LogP contribution is 2.35. The van der Waals surface area contributed by atoms with E-state index in [1.807, 2.05) is 58.0 Å². The molecule has 2 aromatic rings. The standard InChI is InChI=1S/C23H25NO4/c1-15(23(2,3)4)19(22(27)28-14-16-10-6-5-7-11-16)24-20(25)17-12-8-9-13-18(17)21(24)26/h5-13,15,19H,14H2,1-4H3. The number of benzene rings is 2. The average Bonchev–Trinajstić information content (AvgIpc) is 2.92. The normalized spacial score (nSPS) is 15.9. The fourth-order valence-corrected chi connectivity index (χ4v) is 3.28. The lowest BCUT2D eigenvalue weighted by atomic mass is 9.77. The number of amides is 2. The Morgan fingerprint density at radius 3 is 1.93 bits per heavy atom. The number of rotatable bonds is 5. The summed E-state index contributed by atoms with van der Waals surface area (Å²) in [5.41, 5.74) is 1.19.